The van der Waals surface area contributed by atoms with Crippen LogP contribution in [0.15, 0.2) is 24.3 Å². The molecule has 0 aromatic rings. The molecule has 0 saturated carbocycles. The number of nitrogens with two attached hydrogens (primary N) is 1. The van der Waals surface area contributed by atoms with E-state index in [-0.39, 0.29) is 38.4 Å². The molecule has 328 valence electrons. The molecule has 0 radical (unpaired) electrons. The van der Waals surface area contributed by atoms with Crippen LogP contribution in [-0.4, -0.2) is 55.1 Å². The molecule has 0 bridgehead atoms. The lowest BCUT2D eigenvalue weighted by Gasteiger charge is -2.19. The summed E-state index contributed by atoms with van der Waals surface area (Å²) in [5, 5.41) is 0. The second-order valence-corrected chi connectivity index (χ2v) is 16.8. The van der Waals surface area contributed by atoms with Gasteiger partial charge in [0, 0.05) is 25.8 Å². The first kappa shape index (κ1) is 54.2. The van der Waals surface area contributed by atoms with Gasteiger partial charge >= 0.3 is 19.8 Å². The Morgan fingerprint density at radius 2 is 1.02 bits per heavy atom. The molecule has 0 aliphatic rings. The smallest absolute Gasteiger partial charge is 0.462 e. The number of phosphoric ester groups is 1. The molecule has 1 unspecified atom stereocenters. The number of allylic oxidation sites excluding steroid dienone is 4. The third-order valence-electron chi connectivity index (χ3n) is 9.82. The first-order valence-corrected chi connectivity index (χ1v) is 24.3. The molecular formula is C45H84NO9P. The van der Waals surface area contributed by atoms with Gasteiger partial charge in [0.2, 0.25) is 0 Å². The molecule has 0 aliphatic carbocycles. The Labute approximate surface area is 342 Å². The highest BCUT2D eigenvalue weighted by Crippen LogP contribution is 2.43. The fourth-order valence-electron chi connectivity index (χ4n) is 6.38. The Bertz CT molecular complexity index is 1040. The zero-order valence-electron chi connectivity index (χ0n) is 35.9. The second-order valence-electron chi connectivity index (χ2n) is 15.3. The second kappa shape index (κ2) is 41.3. The topological polar surface area (TPSA) is 151 Å². The minimum Gasteiger partial charge on any atom is -0.462 e. The fourth-order valence-corrected chi connectivity index (χ4v) is 7.15. The zero-order valence-corrected chi connectivity index (χ0v) is 36.8. The van der Waals surface area contributed by atoms with E-state index in [9.17, 15) is 23.8 Å². The molecule has 0 spiro atoms. The number of hydrogen-bond acceptors (Lipinski definition) is 9. The van der Waals surface area contributed by atoms with E-state index in [1.165, 1.54) is 116 Å². The van der Waals surface area contributed by atoms with Gasteiger partial charge in [-0.15, -0.1) is 0 Å². The fraction of sp³-hybridized carbons (Fsp3) is 0.844. The Balaban J connectivity index is 4.16. The van der Waals surface area contributed by atoms with Crippen molar-refractivity contribution in [3.05, 3.63) is 24.3 Å². The molecule has 0 fully saturated rings. The lowest BCUT2D eigenvalue weighted by atomic mass is 10.0. The zero-order chi connectivity index (χ0) is 41.2. The molecular weight excluding hydrogens is 729 g/mol. The molecule has 0 aromatic carbocycles. The van der Waals surface area contributed by atoms with Crippen molar-refractivity contribution in [1.29, 1.82) is 0 Å². The van der Waals surface area contributed by atoms with Crippen LogP contribution in [0.5, 0.6) is 0 Å². The molecule has 11 heteroatoms. The quantitative estimate of drug-likeness (QED) is 0.0200. The standard InChI is InChI=1S/C45H84NO9P/c1-3-5-7-9-11-12-13-14-15-16-17-18-19-20-21-22-24-28-33-37-45(49)55-43(41-54-56(50,51)53-39-38-46)40-52-44(48)36-32-29-25-27-31-35-42(47)34-30-26-23-10-8-6-4-2/h23,26,30,34,43H,3-22,24-25,27-29,31-33,35-41,46H2,1-2H3,(H,50,51)/b26-23-,34-30+/t43-/m1/s1. The van der Waals surface area contributed by atoms with Gasteiger partial charge in [0.1, 0.15) is 6.61 Å². The predicted octanol–water partition coefficient (Wildman–Crippen LogP) is 12.3. The van der Waals surface area contributed by atoms with E-state index in [2.05, 4.69) is 19.9 Å². The molecule has 56 heavy (non-hydrogen) atoms. The molecule has 3 N–H and O–H groups in total. The van der Waals surface area contributed by atoms with Gasteiger partial charge < -0.3 is 20.1 Å². The van der Waals surface area contributed by atoms with Crippen molar-refractivity contribution in [1.82, 2.24) is 0 Å². The highest BCUT2D eigenvalue weighted by atomic mass is 31.2. The lowest BCUT2D eigenvalue weighted by molar-refractivity contribution is -0.161. The summed E-state index contributed by atoms with van der Waals surface area (Å²) in [6, 6.07) is 0. The van der Waals surface area contributed by atoms with Crippen LogP contribution in [0.4, 0.5) is 0 Å². The van der Waals surface area contributed by atoms with Crippen LogP contribution in [0.1, 0.15) is 213 Å². The maximum atomic E-state index is 12.6. The lowest BCUT2D eigenvalue weighted by Crippen LogP contribution is -2.29. The van der Waals surface area contributed by atoms with Crippen molar-refractivity contribution in [3.8, 4) is 0 Å². The molecule has 0 rings (SSSR count). The third-order valence-corrected chi connectivity index (χ3v) is 10.8. The Kier molecular flexibility index (Phi) is 40.0. The summed E-state index contributed by atoms with van der Waals surface area (Å²) in [7, 11) is -4.40. The van der Waals surface area contributed by atoms with E-state index in [1.54, 1.807) is 6.08 Å². The largest absolute Gasteiger partial charge is 0.472 e. The number of unbranched alkanes of at least 4 members (excludes halogenated alkanes) is 25. The van der Waals surface area contributed by atoms with Gasteiger partial charge in [0.05, 0.1) is 13.2 Å². The molecule has 0 saturated heterocycles. The van der Waals surface area contributed by atoms with Crippen molar-refractivity contribution in [2.24, 2.45) is 5.73 Å². The van der Waals surface area contributed by atoms with Gasteiger partial charge in [-0.3, -0.25) is 23.4 Å². The number of hydrogen-bond donors (Lipinski definition) is 2. The average molecular weight is 814 g/mol. The predicted molar refractivity (Wildman–Crippen MR) is 229 cm³/mol. The number of carbonyl (C=O) groups excluding carboxylic acids is 3. The maximum absolute atomic E-state index is 12.6. The van der Waals surface area contributed by atoms with Crippen molar-refractivity contribution >= 4 is 25.5 Å². The van der Waals surface area contributed by atoms with Gasteiger partial charge in [0.25, 0.3) is 0 Å². The SMILES string of the molecule is CCCCC/C=C\C=C\C(=O)CCCCCCCC(=O)OC[C@H](COP(=O)(O)OCCN)OC(=O)CCCCCCCCCCCCCCCCCCCCC. The van der Waals surface area contributed by atoms with E-state index in [0.29, 0.717) is 19.3 Å². The summed E-state index contributed by atoms with van der Waals surface area (Å²) >= 11 is 0. The van der Waals surface area contributed by atoms with Crippen LogP contribution in [0.2, 0.25) is 0 Å². The van der Waals surface area contributed by atoms with E-state index in [4.69, 9.17) is 24.3 Å². The number of phosphoric acid groups is 1. The summed E-state index contributed by atoms with van der Waals surface area (Å²) in [5.41, 5.74) is 5.34. The molecule has 10 nitrogen and oxygen atoms in total. The monoisotopic (exact) mass is 814 g/mol. The minimum absolute atomic E-state index is 0.0377. The van der Waals surface area contributed by atoms with Crippen molar-refractivity contribution in [2.75, 3.05) is 26.4 Å². The first-order chi connectivity index (χ1) is 27.2. The van der Waals surface area contributed by atoms with Crippen molar-refractivity contribution in [2.45, 2.75) is 219 Å². The van der Waals surface area contributed by atoms with Gasteiger partial charge in [-0.2, -0.15) is 0 Å². The van der Waals surface area contributed by atoms with E-state index in [1.807, 2.05) is 12.2 Å². The normalized spacial score (nSPS) is 13.4. The summed E-state index contributed by atoms with van der Waals surface area (Å²) in [6.45, 7) is 3.57. The molecule has 2 atom stereocenters. The van der Waals surface area contributed by atoms with Crippen molar-refractivity contribution in [3.63, 3.8) is 0 Å². The summed E-state index contributed by atoms with van der Waals surface area (Å²) in [6.07, 6.45) is 40.3. The number of rotatable bonds is 43. The van der Waals surface area contributed by atoms with Crippen LogP contribution < -0.4 is 5.73 Å². The number of ketones is 1. The first-order valence-electron chi connectivity index (χ1n) is 22.8. The van der Waals surface area contributed by atoms with Crippen LogP contribution in [0.25, 0.3) is 0 Å². The number of carbonyl (C=O) groups is 3. The number of esters is 2. The average Bonchev–Trinajstić information content (AvgIpc) is 3.18. The Morgan fingerprint density at radius 3 is 1.52 bits per heavy atom. The molecule has 0 amide bonds. The van der Waals surface area contributed by atoms with Gasteiger partial charge in [-0.05, 0) is 38.2 Å². The van der Waals surface area contributed by atoms with Gasteiger partial charge in [-0.1, -0.05) is 180 Å². The van der Waals surface area contributed by atoms with Gasteiger partial charge in [-0.25, -0.2) is 4.57 Å². The van der Waals surface area contributed by atoms with Crippen LogP contribution in [0.3, 0.4) is 0 Å². The van der Waals surface area contributed by atoms with Gasteiger partial charge in [0.15, 0.2) is 11.9 Å². The summed E-state index contributed by atoms with van der Waals surface area (Å²) < 4.78 is 32.7. The van der Waals surface area contributed by atoms with Crippen LogP contribution in [0, 0.1) is 0 Å². The van der Waals surface area contributed by atoms with E-state index in [0.717, 1.165) is 51.4 Å². The minimum atomic E-state index is -4.40. The summed E-state index contributed by atoms with van der Waals surface area (Å²) in [4.78, 5) is 46.9. The van der Waals surface area contributed by atoms with Crippen molar-refractivity contribution < 1.29 is 42.4 Å². The van der Waals surface area contributed by atoms with E-state index >= 15 is 0 Å². The third kappa shape index (κ3) is 40.4. The highest BCUT2D eigenvalue weighted by molar-refractivity contribution is 7.47. The number of ether oxygens (including phenoxy) is 2. The molecule has 0 aliphatic heterocycles. The highest BCUT2D eigenvalue weighted by Gasteiger charge is 2.26. The Morgan fingerprint density at radius 1 is 0.571 bits per heavy atom. The maximum Gasteiger partial charge on any atom is 0.472 e. The van der Waals surface area contributed by atoms with Crippen LogP contribution in [-0.2, 0) is 37.5 Å². The Hall–Kier alpha value is -1.84. The summed E-state index contributed by atoms with van der Waals surface area (Å²) in [5.74, 6) is -0.787. The molecule has 0 heterocycles. The van der Waals surface area contributed by atoms with E-state index < -0.39 is 32.5 Å². The molecule has 0 aromatic heterocycles. The van der Waals surface area contributed by atoms with Crippen LogP contribution >= 0.6 is 7.82 Å².